The van der Waals surface area contributed by atoms with E-state index in [9.17, 15) is 0 Å². The number of benzene rings is 1. The number of rotatable bonds is 5. The van der Waals surface area contributed by atoms with E-state index in [1.54, 1.807) is 0 Å². The molecule has 0 saturated carbocycles. The lowest BCUT2D eigenvalue weighted by atomic mass is 10.2. The van der Waals surface area contributed by atoms with Crippen LogP contribution in [0.25, 0.3) is 10.9 Å². The SMILES string of the molecule is CCOc1cccc2c1ccn2CCc1cnn(C)c1. The number of fused-ring (bicyclic) bond motifs is 1. The normalized spacial score (nSPS) is 11.1. The Morgan fingerprint density at radius 1 is 1.25 bits per heavy atom. The van der Waals surface area contributed by atoms with Crippen molar-refractivity contribution in [2.45, 2.75) is 19.9 Å². The van der Waals surface area contributed by atoms with Crippen molar-refractivity contribution in [3.8, 4) is 5.75 Å². The van der Waals surface area contributed by atoms with Crippen LogP contribution in [0, 0.1) is 0 Å². The Morgan fingerprint density at radius 2 is 2.15 bits per heavy atom. The minimum absolute atomic E-state index is 0.694. The van der Waals surface area contributed by atoms with Gasteiger partial charge in [0.1, 0.15) is 5.75 Å². The molecule has 2 heterocycles. The fourth-order valence-electron chi connectivity index (χ4n) is 2.52. The van der Waals surface area contributed by atoms with E-state index < -0.39 is 0 Å². The zero-order valence-electron chi connectivity index (χ0n) is 11.9. The fourth-order valence-corrected chi connectivity index (χ4v) is 2.52. The molecule has 2 aromatic heterocycles. The maximum absolute atomic E-state index is 5.67. The van der Waals surface area contributed by atoms with Gasteiger partial charge in [0.25, 0.3) is 0 Å². The smallest absolute Gasteiger partial charge is 0.128 e. The first-order valence-electron chi connectivity index (χ1n) is 6.96. The summed E-state index contributed by atoms with van der Waals surface area (Å²) < 4.78 is 9.78. The number of ether oxygens (including phenoxy) is 1. The summed E-state index contributed by atoms with van der Waals surface area (Å²) in [5, 5.41) is 5.39. The summed E-state index contributed by atoms with van der Waals surface area (Å²) in [4.78, 5) is 0. The predicted octanol–water partition coefficient (Wildman–Crippen LogP) is 3.02. The third kappa shape index (κ3) is 2.41. The van der Waals surface area contributed by atoms with Gasteiger partial charge in [-0.05, 0) is 37.1 Å². The molecule has 0 saturated heterocycles. The molecule has 4 heteroatoms. The maximum Gasteiger partial charge on any atom is 0.128 e. The van der Waals surface area contributed by atoms with Crippen LogP contribution in [0.3, 0.4) is 0 Å². The van der Waals surface area contributed by atoms with Crippen LogP contribution >= 0.6 is 0 Å². The molecule has 0 bridgehead atoms. The van der Waals surface area contributed by atoms with E-state index in [-0.39, 0.29) is 0 Å². The predicted molar refractivity (Wildman–Crippen MR) is 80.0 cm³/mol. The average Bonchev–Trinajstić information content (AvgIpc) is 3.04. The van der Waals surface area contributed by atoms with Gasteiger partial charge < -0.3 is 9.30 Å². The van der Waals surface area contributed by atoms with Crippen molar-refractivity contribution in [1.82, 2.24) is 14.3 Å². The molecule has 0 atom stereocenters. The van der Waals surface area contributed by atoms with Gasteiger partial charge in [-0.2, -0.15) is 5.10 Å². The molecular formula is C16H19N3O. The Labute approximate surface area is 118 Å². The number of hydrogen-bond donors (Lipinski definition) is 0. The van der Waals surface area contributed by atoms with Gasteiger partial charge in [-0.3, -0.25) is 4.68 Å². The lowest BCUT2D eigenvalue weighted by molar-refractivity contribution is 0.344. The second-order valence-electron chi connectivity index (χ2n) is 4.90. The second-order valence-corrected chi connectivity index (χ2v) is 4.90. The van der Waals surface area contributed by atoms with Crippen molar-refractivity contribution in [1.29, 1.82) is 0 Å². The van der Waals surface area contributed by atoms with Gasteiger partial charge in [-0.15, -0.1) is 0 Å². The number of hydrogen-bond acceptors (Lipinski definition) is 2. The monoisotopic (exact) mass is 269 g/mol. The van der Waals surface area contributed by atoms with Crippen LogP contribution in [-0.2, 0) is 20.0 Å². The van der Waals surface area contributed by atoms with Gasteiger partial charge in [-0.25, -0.2) is 0 Å². The summed E-state index contributed by atoms with van der Waals surface area (Å²) in [5.41, 5.74) is 2.48. The number of aryl methyl sites for hydroxylation is 3. The van der Waals surface area contributed by atoms with Crippen molar-refractivity contribution >= 4 is 10.9 Å². The molecule has 104 valence electrons. The molecule has 4 nitrogen and oxygen atoms in total. The average molecular weight is 269 g/mol. The first-order chi connectivity index (χ1) is 9.78. The summed E-state index contributed by atoms with van der Waals surface area (Å²) in [6.45, 7) is 3.66. The van der Waals surface area contributed by atoms with E-state index in [0.717, 1.165) is 18.7 Å². The second kappa shape index (κ2) is 5.41. The molecule has 3 aromatic rings. The maximum atomic E-state index is 5.67. The van der Waals surface area contributed by atoms with Crippen LogP contribution in [0.5, 0.6) is 5.75 Å². The van der Waals surface area contributed by atoms with E-state index in [1.165, 1.54) is 16.5 Å². The molecule has 3 rings (SSSR count). The third-order valence-corrected chi connectivity index (χ3v) is 3.47. The Hall–Kier alpha value is -2.23. The molecule has 0 unspecified atom stereocenters. The van der Waals surface area contributed by atoms with E-state index in [4.69, 9.17) is 4.74 Å². The summed E-state index contributed by atoms with van der Waals surface area (Å²) >= 11 is 0. The Kier molecular flexibility index (Phi) is 3.46. The highest BCUT2D eigenvalue weighted by atomic mass is 16.5. The van der Waals surface area contributed by atoms with E-state index >= 15 is 0 Å². The van der Waals surface area contributed by atoms with Crippen molar-refractivity contribution in [2.75, 3.05) is 6.61 Å². The molecule has 0 aliphatic rings. The first-order valence-corrected chi connectivity index (χ1v) is 6.96. The molecule has 0 N–H and O–H groups in total. The Balaban J connectivity index is 1.83. The third-order valence-electron chi connectivity index (χ3n) is 3.47. The topological polar surface area (TPSA) is 32.0 Å². The molecular weight excluding hydrogens is 250 g/mol. The van der Waals surface area contributed by atoms with Gasteiger partial charge in [-0.1, -0.05) is 6.07 Å². The van der Waals surface area contributed by atoms with Crippen molar-refractivity contribution in [2.24, 2.45) is 7.05 Å². The van der Waals surface area contributed by atoms with Gasteiger partial charge in [0.15, 0.2) is 0 Å². The van der Waals surface area contributed by atoms with Gasteiger partial charge in [0, 0.05) is 31.4 Å². The molecule has 1 aromatic carbocycles. The number of aromatic nitrogens is 3. The van der Waals surface area contributed by atoms with Crippen LogP contribution in [0.1, 0.15) is 12.5 Å². The molecule has 0 aliphatic heterocycles. The standard InChI is InChI=1S/C16H19N3O/c1-3-20-16-6-4-5-15-14(16)8-10-19(15)9-7-13-11-17-18(2)12-13/h4-6,8,10-12H,3,7,9H2,1-2H3. The number of nitrogens with zero attached hydrogens (tertiary/aromatic N) is 3. The first kappa shape index (κ1) is 12.8. The quantitative estimate of drug-likeness (QED) is 0.713. The summed E-state index contributed by atoms with van der Waals surface area (Å²) in [5.74, 6) is 0.963. The minimum atomic E-state index is 0.694. The van der Waals surface area contributed by atoms with Crippen molar-refractivity contribution in [3.05, 3.63) is 48.4 Å². The fraction of sp³-hybridized carbons (Fsp3) is 0.312. The largest absolute Gasteiger partial charge is 0.493 e. The molecule has 0 amide bonds. The van der Waals surface area contributed by atoms with Crippen LogP contribution in [-0.4, -0.2) is 21.0 Å². The highest BCUT2D eigenvalue weighted by molar-refractivity contribution is 5.86. The highest BCUT2D eigenvalue weighted by Gasteiger charge is 2.06. The molecule has 0 aliphatic carbocycles. The van der Waals surface area contributed by atoms with Gasteiger partial charge in [0.05, 0.1) is 18.3 Å². The van der Waals surface area contributed by atoms with Crippen LogP contribution in [0.15, 0.2) is 42.9 Å². The zero-order valence-corrected chi connectivity index (χ0v) is 11.9. The van der Waals surface area contributed by atoms with E-state index in [2.05, 4.69) is 34.2 Å². The summed E-state index contributed by atoms with van der Waals surface area (Å²) in [6.07, 6.45) is 7.11. The van der Waals surface area contributed by atoms with Crippen LogP contribution in [0.4, 0.5) is 0 Å². The van der Waals surface area contributed by atoms with Crippen molar-refractivity contribution in [3.63, 3.8) is 0 Å². The Bertz CT molecular complexity index is 711. The molecule has 20 heavy (non-hydrogen) atoms. The van der Waals surface area contributed by atoms with E-state index in [1.807, 2.05) is 37.0 Å². The molecule has 0 radical (unpaired) electrons. The van der Waals surface area contributed by atoms with E-state index in [0.29, 0.717) is 6.61 Å². The van der Waals surface area contributed by atoms with Crippen LogP contribution in [0.2, 0.25) is 0 Å². The zero-order chi connectivity index (χ0) is 13.9. The molecule has 0 spiro atoms. The minimum Gasteiger partial charge on any atom is -0.493 e. The Morgan fingerprint density at radius 3 is 2.90 bits per heavy atom. The van der Waals surface area contributed by atoms with Crippen LogP contribution < -0.4 is 4.74 Å². The highest BCUT2D eigenvalue weighted by Crippen LogP contribution is 2.26. The summed E-state index contributed by atoms with van der Waals surface area (Å²) in [7, 11) is 1.95. The van der Waals surface area contributed by atoms with Gasteiger partial charge >= 0.3 is 0 Å². The molecule has 0 fully saturated rings. The van der Waals surface area contributed by atoms with Gasteiger partial charge in [0.2, 0.25) is 0 Å². The lowest BCUT2D eigenvalue weighted by Gasteiger charge is -2.07. The van der Waals surface area contributed by atoms with Crippen molar-refractivity contribution < 1.29 is 4.74 Å². The summed E-state index contributed by atoms with van der Waals surface area (Å²) in [6, 6.07) is 8.34. The lowest BCUT2D eigenvalue weighted by Crippen LogP contribution is -1.99.